The van der Waals surface area contributed by atoms with Gasteiger partial charge in [0.2, 0.25) is 10.0 Å². The molecule has 0 unspecified atom stereocenters. The predicted molar refractivity (Wildman–Crippen MR) is 109 cm³/mol. The fraction of sp³-hybridized carbons (Fsp3) is 0.263. The molecular weight excluding hydrogens is 382 g/mol. The molecule has 2 rings (SSSR count). The van der Waals surface area contributed by atoms with Crippen molar-refractivity contribution in [2.75, 3.05) is 24.8 Å². The molecule has 0 bridgehead atoms. The molecule has 2 aromatic carbocycles. The maximum absolute atomic E-state index is 12.5. The summed E-state index contributed by atoms with van der Waals surface area (Å²) < 4.78 is 35.8. The Balaban J connectivity index is 2.16. The summed E-state index contributed by atoms with van der Waals surface area (Å²) >= 11 is 0. The molecule has 0 aromatic heterocycles. The van der Waals surface area contributed by atoms with Crippen molar-refractivity contribution in [3.63, 3.8) is 0 Å². The topological polar surface area (TPSA) is 97.3 Å². The number of rotatable bonds is 8. The van der Waals surface area contributed by atoms with Crippen molar-refractivity contribution >= 4 is 27.8 Å². The van der Waals surface area contributed by atoms with Gasteiger partial charge >= 0.3 is 0 Å². The minimum absolute atomic E-state index is 0.397. The molecule has 150 valence electrons. The first-order valence-corrected chi connectivity index (χ1v) is 10.2. The Morgan fingerprint density at radius 2 is 1.82 bits per heavy atom. The van der Waals surface area contributed by atoms with Gasteiger partial charge in [-0.05, 0) is 31.2 Å². The van der Waals surface area contributed by atoms with E-state index in [-0.39, 0.29) is 0 Å². The Hall–Kier alpha value is -3.07. The van der Waals surface area contributed by atoms with Crippen molar-refractivity contribution in [3.8, 4) is 11.5 Å². The quantitative estimate of drug-likeness (QED) is 0.535. The van der Waals surface area contributed by atoms with Crippen molar-refractivity contribution in [2.45, 2.75) is 13.0 Å². The van der Waals surface area contributed by atoms with Crippen molar-refractivity contribution in [3.05, 3.63) is 54.1 Å². The van der Waals surface area contributed by atoms with Crippen LogP contribution in [0.25, 0.3) is 0 Å². The molecular formula is C19H23N3O5S. The van der Waals surface area contributed by atoms with E-state index in [1.165, 1.54) is 20.2 Å². The van der Waals surface area contributed by atoms with Crippen LogP contribution in [0.2, 0.25) is 0 Å². The number of nitrogens with one attached hydrogen (secondary N) is 1. The first-order valence-electron chi connectivity index (χ1n) is 8.37. The second-order valence-electron chi connectivity index (χ2n) is 5.91. The molecule has 2 aromatic rings. The van der Waals surface area contributed by atoms with Crippen LogP contribution in [-0.4, -0.2) is 47.1 Å². The van der Waals surface area contributed by atoms with Crippen LogP contribution in [0.3, 0.4) is 0 Å². The third kappa shape index (κ3) is 5.23. The summed E-state index contributed by atoms with van der Waals surface area (Å²) in [5, 5.41) is 3.92. The van der Waals surface area contributed by atoms with Gasteiger partial charge in [-0.2, -0.15) is 5.10 Å². The van der Waals surface area contributed by atoms with Crippen LogP contribution in [-0.2, 0) is 14.8 Å². The van der Waals surface area contributed by atoms with E-state index >= 15 is 0 Å². The molecule has 0 radical (unpaired) electrons. The fourth-order valence-electron chi connectivity index (χ4n) is 2.57. The van der Waals surface area contributed by atoms with Crippen molar-refractivity contribution in [1.82, 2.24) is 5.43 Å². The molecule has 8 nitrogen and oxygen atoms in total. The van der Waals surface area contributed by atoms with Crippen LogP contribution in [0.4, 0.5) is 5.69 Å². The monoisotopic (exact) mass is 405 g/mol. The number of benzene rings is 2. The minimum Gasteiger partial charge on any atom is -0.497 e. The van der Waals surface area contributed by atoms with E-state index in [0.29, 0.717) is 22.7 Å². The largest absolute Gasteiger partial charge is 0.497 e. The zero-order valence-corrected chi connectivity index (χ0v) is 16.9. The number of amides is 1. The molecule has 0 aliphatic rings. The van der Waals surface area contributed by atoms with Gasteiger partial charge in [0.05, 0.1) is 32.4 Å². The van der Waals surface area contributed by atoms with Gasteiger partial charge in [-0.25, -0.2) is 13.8 Å². The van der Waals surface area contributed by atoms with Gasteiger partial charge in [-0.3, -0.25) is 9.10 Å². The molecule has 1 N–H and O–H groups in total. The molecule has 0 saturated carbocycles. The molecule has 1 amide bonds. The van der Waals surface area contributed by atoms with Crippen molar-refractivity contribution in [2.24, 2.45) is 5.10 Å². The van der Waals surface area contributed by atoms with Gasteiger partial charge in [-0.1, -0.05) is 18.2 Å². The number of methoxy groups -OCH3 is 2. The lowest BCUT2D eigenvalue weighted by atomic mass is 10.2. The zero-order chi connectivity index (χ0) is 20.7. The number of hydrazone groups is 1. The van der Waals surface area contributed by atoms with Gasteiger partial charge in [0.25, 0.3) is 5.91 Å². The Morgan fingerprint density at radius 3 is 2.39 bits per heavy atom. The summed E-state index contributed by atoms with van der Waals surface area (Å²) in [6.45, 7) is 1.49. The maximum atomic E-state index is 12.5. The summed E-state index contributed by atoms with van der Waals surface area (Å²) in [7, 11) is -0.614. The lowest BCUT2D eigenvalue weighted by Crippen LogP contribution is -2.46. The third-order valence-electron chi connectivity index (χ3n) is 3.92. The average Bonchev–Trinajstić information content (AvgIpc) is 2.67. The number of para-hydroxylation sites is 1. The number of sulfonamides is 1. The van der Waals surface area contributed by atoms with Crippen LogP contribution in [0.15, 0.2) is 53.6 Å². The number of carbonyl (C=O) groups excluding carboxylic acids is 1. The lowest BCUT2D eigenvalue weighted by molar-refractivity contribution is -0.121. The van der Waals surface area contributed by atoms with Crippen LogP contribution in [0, 0.1) is 0 Å². The highest BCUT2D eigenvalue weighted by Crippen LogP contribution is 2.23. The predicted octanol–water partition coefficient (Wildman–Crippen LogP) is 2.01. The Morgan fingerprint density at radius 1 is 1.14 bits per heavy atom. The van der Waals surface area contributed by atoms with Crippen LogP contribution in [0.5, 0.6) is 11.5 Å². The fourth-order valence-corrected chi connectivity index (χ4v) is 3.74. The Labute approximate surface area is 164 Å². The summed E-state index contributed by atoms with van der Waals surface area (Å²) in [6.07, 6.45) is 2.46. The molecule has 0 saturated heterocycles. The smallest absolute Gasteiger partial charge is 0.263 e. The second kappa shape index (κ2) is 9.23. The van der Waals surface area contributed by atoms with E-state index in [0.717, 1.165) is 10.6 Å². The molecule has 0 heterocycles. The van der Waals surface area contributed by atoms with Crippen LogP contribution in [0.1, 0.15) is 12.5 Å². The highest BCUT2D eigenvalue weighted by atomic mass is 32.2. The zero-order valence-electron chi connectivity index (χ0n) is 16.1. The summed E-state index contributed by atoms with van der Waals surface area (Å²) in [5.41, 5.74) is 3.39. The first-order chi connectivity index (χ1) is 13.3. The maximum Gasteiger partial charge on any atom is 0.263 e. The SMILES string of the molecule is COc1ccc(/C=N\NC(=O)[C@@H](C)N(c2ccccc2)S(C)(=O)=O)c(OC)c1. The molecule has 1 atom stereocenters. The number of ether oxygens (including phenoxy) is 2. The van der Waals surface area contributed by atoms with E-state index in [1.807, 2.05) is 0 Å². The van der Waals surface area contributed by atoms with E-state index in [9.17, 15) is 13.2 Å². The standard InChI is InChI=1S/C19H23N3O5S/c1-14(22(28(4,24)25)16-8-6-5-7-9-16)19(23)21-20-13-15-10-11-17(26-2)12-18(15)27-3/h5-14H,1-4H3,(H,21,23)/b20-13-/t14-/m1/s1. The molecule has 0 aliphatic heterocycles. The Bertz CT molecular complexity index is 945. The molecule has 0 fully saturated rings. The van der Waals surface area contributed by atoms with E-state index in [2.05, 4.69) is 10.5 Å². The average molecular weight is 405 g/mol. The van der Waals surface area contributed by atoms with Crippen LogP contribution < -0.4 is 19.2 Å². The summed E-state index contributed by atoms with van der Waals surface area (Å²) in [6, 6.07) is 12.6. The van der Waals surface area contributed by atoms with Gasteiger partial charge in [0, 0.05) is 11.6 Å². The van der Waals surface area contributed by atoms with Crippen LogP contribution >= 0.6 is 0 Å². The number of hydrogen-bond acceptors (Lipinski definition) is 6. The van der Waals surface area contributed by atoms with Crippen molar-refractivity contribution < 1.29 is 22.7 Å². The molecule has 0 aliphatic carbocycles. The normalized spacial score (nSPS) is 12.4. The number of anilines is 1. The van der Waals surface area contributed by atoms with Gasteiger partial charge in [0.15, 0.2) is 0 Å². The molecule has 0 spiro atoms. The van der Waals surface area contributed by atoms with E-state index in [1.54, 1.807) is 55.6 Å². The van der Waals surface area contributed by atoms with Gasteiger partial charge in [-0.15, -0.1) is 0 Å². The van der Waals surface area contributed by atoms with E-state index in [4.69, 9.17) is 9.47 Å². The minimum atomic E-state index is -3.67. The number of carbonyl (C=O) groups is 1. The third-order valence-corrected chi connectivity index (χ3v) is 5.16. The summed E-state index contributed by atoms with van der Waals surface area (Å²) in [5.74, 6) is 0.573. The lowest BCUT2D eigenvalue weighted by Gasteiger charge is -2.27. The first kappa shape index (κ1) is 21.2. The Kier molecular flexibility index (Phi) is 7.00. The second-order valence-corrected chi connectivity index (χ2v) is 7.77. The highest BCUT2D eigenvalue weighted by Gasteiger charge is 2.28. The van der Waals surface area contributed by atoms with Gasteiger partial charge in [0.1, 0.15) is 17.5 Å². The van der Waals surface area contributed by atoms with E-state index < -0.39 is 22.0 Å². The van der Waals surface area contributed by atoms with Crippen molar-refractivity contribution in [1.29, 1.82) is 0 Å². The highest BCUT2D eigenvalue weighted by molar-refractivity contribution is 7.92. The summed E-state index contributed by atoms with van der Waals surface area (Å²) in [4.78, 5) is 12.5. The number of hydrogen-bond donors (Lipinski definition) is 1. The van der Waals surface area contributed by atoms with Gasteiger partial charge < -0.3 is 9.47 Å². The molecule has 28 heavy (non-hydrogen) atoms. The number of nitrogens with zero attached hydrogens (tertiary/aromatic N) is 2. The molecule has 9 heteroatoms.